The standard InChI is InChI=1S/C16H32N6/c1-8-17-16(20-13(4)12(2)3)18-10-15(21(5)6)14-9-19-22(7)11-14/h9,11-13,15H,8,10H2,1-7H3,(H2,17,18,20). The minimum atomic E-state index is 0.221. The van der Waals surface area contributed by atoms with E-state index < -0.39 is 0 Å². The van der Waals surface area contributed by atoms with Crippen LogP contribution in [0.2, 0.25) is 0 Å². The fourth-order valence-electron chi connectivity index (χ4n) is 2.06. The van der Waals surface area contributed by atoms with E-state index in [9.17, 15) is 0 Å². The van der Waals surface area contributed by atoms with Gasteiger partial charge < -0.3 is 15.5 Å². The molecule has 0 spiro atoms. The highest BCUT2D eigenvalue weighted by molar-refractivity contribution is 5.80. The van der Waals surface area contributed by atoms with Gasteiger partial charge in [-0.05, 0) is 33.9 Å². The van der Waals surface area contributed by atoms with Crippen LogP contribution in [0.3, 0.4) is 0 Å². The third-order valence-electron chi connectivity index (χ3n) is 3.86. The van der Waals surface area contributed by atoms with Crippen LogP contribution in [0.15, 0.2) is 17.4 Å². The van der Waals surface area contributed by atoms with Crippen molar-refractivity contribution in [3.05, 3.63) is 18.0 Å². The summed E-state index contributed by atoms with van der Waals surface area (Å²) in [5.74, 6) is 1.44. The van der Waals surface area contributed by atoms with Gasteiger partial charge in [0, 0.05) is 31.4 Å². The number of likely N-dealkylation sites (N-methyl/N-ethyl adjacent to an activating group) is 1. The third-order valence-corrected chi connectivity index (χ3v) is 3.86. The van der Waals surface area contributed by atoms with Crippen molar-refractivity contribution in [2.24, 2.45) is 18.0 Å². The molecule has 0 aliphatic heterocycles. The molecule has 0 saturated heterocycles. The monoisotopic (exact) mass is 308 g/mol. The van der Waals surface area contributed by atoms with E-state index in [4.69, 9.17) is 4.99 Å². The van der Waals surface area contributed by atoms with Crippen molar-refractivity contribution in [1.29, 1.82) is 0 Å². The van der Waals surface area contributed by atoms with Gasteiger partial charge in [-0.25, -0.2) is 0 Å². The molecule has 22 heavy (non-hydrogen) atoms. The van der Waals surface area contributed by atoms with E-state index in [0.29, 0.717) is 18.5 Å². The van der Waals surface area contributed by atoms with E-state index in [2.05, 4.69) is 68.6 Å². The summed E-state index contributed by atoms with van der Waals surface area (Å²) in [6.45, 7) is 10.2. The molecule has 0 fully saturated rings. The van der Waals surface area contributed by atoms with Crippen LogP contribution in [-0.4, -0.2) is 53.9 Å². The largest absolute Gasteiger partial charge is 0.357 e. The van der Waals surface area contributed by atoms with Crippen LogP contribution >= 0.6 is 0 Å². The molecule has 1 heterocycles. The van der Waals surface area contributed by atoms with Crippen molar-refractivity contribution < 1.29 is 0 Å². The molecule has 1 aromatic rings. The third kappa shape index (κ3) is 5.67. The first-order valence-corrected chi connectivity index (χ1v) is 8.05. The van der Waals surface area contributed by atoms with Crippen molar-refractivity contribution in [2.45, 2.75) is 39.8 Å². The number of rotatable bonds is 7. The zero-order valence-electron chi connectivity index (χ0n) is 15.1. The first kappa shape index (κ1) is 18.5. The maximum Gasteiger partial charge on any atom is 0.191 e. The summed E-state index contributed by atoms with van der Waals surface area (Å²) in [7, 11) is 6.09. The van der Waals surface area contributed by atoms with Gasteiger partial charge in [0.2, 0.25) is 0 Å². The first-order valence-electron chi connectivity index (χ1n) is 8.05. The Hall–Kier alpha value is -1.56. The summed E-state index contributed by atoms with van der Waals surface area (Å²) in [6, 6.07) is 0.604. The maximum absolute atomic E-state index is 4.76. The molecule has 6 heteroatoms. The second-order valence-corrected chi connectivity index (χ2v) is 6.32. The molecule has 0 aliphatic carbocycles. The summed E-state index contributed by atoms with van der Waals surface area (Å²) in [4.78, 5) is 6.94. The van der Waals surface area contributed by atoms with Crippen LogP contribution in [-0.2, 0) is 7.05 Å². The number of aryl methyl sites for hydroxylation is 1. The molecule has 2 atom stereocenters. The fraction of sp³-hybridized carbons (Fsp3) is 0.750. The molecule has 1 aromatic heterocycles. The Morgan fingerprint density at radius 3 is 2.50 bits per heavy atom. The van der Waals surface area contributed by atoms with Crippen molar-refractivity contribution in [2.75, 3.05) is 27.2 Å². The summed E-state index contributed by atoms with van der Waals surface area (Å²) in [5, 5.41) is 11.1. The summed E-state index contributed by atoms with van der Waals surface area (Å²) >= 11 is 0. The van der Waals surface area contributed by atoms with Crippen molar-refractivity contribution in [3.63, 3.8) is 0 Å². The zero-order chi connectivity index (χ0) is 16.7. The van der Waals surface area contributed by atoms with Crippen molar-refractivity contribution in [1.82, 2.24) is 25.3 Å². The van der Waals surface area contributed by atoms with Crippen LogP contribution in [0.5, 0.6) is 0 Å². The Labute approximate surface area is 135 Å². The highest BCUT2D eigenvalue weighted by atomic mass is 15.3. The second kappa shape index (κ2) is 8.78. The first-order chi connectivity index (χ1) is 10.3. The average molecular weight is 308 g/mol. The molecular formula is C16H32N6. The van der Waals surface area contributed by atoms with E-state index in [0.717, 1.165) is 12.5 Å². The predicted octanol–water partition coefficient (Wildman–Crippen LogP) is 1.62. The molecule has 2 N–H and O–H groups in total. The number of nitrogens with one attached hydrogen (secondary N) is 2. The molecule has 0 radical (unpaired) electrons. The summed E-state index contributed by atoms with van der Waals surface area (Å²) < 4.78 is 1.83. The molecule has 0 bridgehead atoms. The SMILES string of the molecule is CCNC(=NCC(c1cnn(C)c1)N(C)C)NC(C)C(C)C. The van der Waals surface area contributed by atoms with Crippen molar-refractivity contribution in [3.8, 4) is 0 Å². The van der Waals surface area contributed by atoms with Crippen LogP contribution < -0.4 is 10.6 Å². The molecule has 2 unspecified atom stereocenters. The smallest absolute Gasteiger partial charge is 0.191 e. The van der Waals surface area contributed by atoms with E-state index in [-0.39, 0.29) is 6.04 Å². The quantitative estimate of drug-likeness (QED) is 0.594. The van der Waals surface area contributed by atoms with Gasteiger partial charge in [-0.1, -0.05) is 13.8 Å². The minimum absolute atomic E-state index is 0.221. The van der Waals surface area contributed by atoms with Gasteiger partial charge in [-0.3, -0.25) is 9.67 Å². The minimum Gasteiger partial charge on any atom is -0.357 e. The molecule has 0 aromatic carbocycles. The molecule has 0 saturated carbocycles. The summed E-state index contributed by atoms with van der Waals surface area (Å²) in [5.41, 5.74) is 1.18. The van der Waals surface area contributed by atoms with Gasteiger partial charge in [0.05, 0.1) is 18.8 Å². The molecule has 126 valence electrons. The van der Waals surface area contributed by atoms with Gasteiger partial charge in [-0.15, -0.1) is 0 Å². The van der Waals surface area contributed by atoms with Gasteiger partial charge in [0.25, 0.3) is 0 Å². The van der Waals surface area contributed by atoms with Gasteiger partial charge in [0.1, 0.15) is 0 Å². The number of aromatic nitrogens is 2. The van der Waals surface area contributed by atoms with Gasteiger partial charge in [0.15, 0.2) is 5.96 Å². The van der Waals surface area contributed by atoms with Crippen LogP contribution in [0.4, 0.5) is 0 Å². The Kier molecular flexibility index (Phi) is 7.38. The van der Waals surface area contributed by atoms with Crippen LogP contribution in [0.25, 0.3) is 0 Å². The van der Waals surface area contributed by atoms with Crippen molar-refractivity contribution >= 4 is 5.96 Å². The highest BCUT2D eigenvalue weighted by Crippen LogP contribution is 2.17. The maximum atomic E-state index is 4.76. The molecule has 6 nitrogen and oxygen atoms in total. The van der Waals surface area contributed by atoms with Gasteiger partial charge in [-0.2, -0.15) is 5.10 Å². The van der Waals surface area contributed by atoms with Crippen LogP contribution in [0.1, 0.15) is 39.3 Å². The Morgan fingerprint density at radius 2 is 2.05 bits per heavy atom. The van der Waals surface area contributed by atoms with Crippen LogP contribution in [0, 0.1) is 5.92 Å². The summed E-state index contributed by atoms with van der Waals surface area (Å²) in [6.07, 6.45) is 3.97. The Morgan fingerprint density at radius 1 is 1.36 bits per heavy atom. The fourth-order valence-corrected chi connectivity index (χ4v) is 2.06. The number of hydrogen-bond acceptors (Lipinski definition) is 3. The molecule has 0 amide bonds. The molecular weight excluding hydrogens is 276 g/mol. The van der Waals surface area contributed by atoms with E-state index in [1.165, 1.54) is 5.56 Å². The lowest BCUT2D eigenvalue weighted by atomic mass is 10.1. The normalized spacial score (nSPS) is 15.2. The number of hydrogen-bond donors (Lipinski definition) is 2. The lowest BCUT2D eigenvalue weighted by molar-refractivity contribution is 0.306. The van der Waals surface area contributed by atoms with E-state index in [1.54, 1.807) is 0 Å². The number of nitrogens with zero attached hydrogens (tertiary/aromatic N) is 4. The zero-order valence-corrected chi connectivity index (χ0v) is 15.1. The highest BCUT2D eigenvalue weighted by Gasteiger charge is 2.16. The molecule has 1 rings (SSSR count). The number of guanidine groups is 1. The average Bonchev–Trinajstić information content (AvgIpc) is 2.84. The van der Waals surface area contributed by atoms with E-state index in [1.807, 2.05) is 17.9 Å². The lowest BCUT2D eigenvalue weighted by Gasteiger charge is -2.24. The second-order valence-electron chi connectivity index (χ2n) is 6.32. The Bertz CT molecular complexity index is 463. The topological polar surface area (TPSA) is 57.5 Å². The predicted molar refractivity (Wildman–Crippen MR) is 93.1 cm³/mol. The molecule has 0 aliphatic rings. The lowest BCUT2D eigenvalue weighted by Crippen LogP contribution is -2.44. The Balaban J connectivity index is 2.80. The van der Waals surface area contributed by atoms with E-state index >= 15 is 0 Å². The van der Waals surface area contributed by atoms with Gasteiger partial charge >= 0.3 is 0 Å². The number of aliphatic imine (C=N–C) groups is 1.